The van der Waals surface area contributed by atoms with Crippen LogP contribution in [-0.4, -0.2) is 52.9 Å². The predicted octanol–water partition coefficient (Wildman–Crippen LogP) is 1.73. The van der Waals surface area contributed by atoms with Gasteiger partial charge in [-0.1, -0.05) is 0 Å². The van der Waals surface area contributed by atoms with Gasteiger partial charge in [-0.3, -0.25) is 0 Å². The van der Waals surface area contributed by atoms with E-state index in [0.717, 1.165) is 6.42 Å². The van der Waals surface area contributed by atoms with Gasteiger partial charge in [0.2, 0.25) is 0 Å². The molecule has 7 heteroatoms. The maximum absolute atomic E-state index is 12.2. The van der Waals surface area contributed by atoms with Crippen molar-refractivity contribution in [1.29, 1.82) is 0 Å². The van der Waals surface area contributed by atoms with E-state index in [1.165, 1.54) is 18.2 Å². The highest BCUT2D eigenvalue weighted by Gasteiger charge is 2.30. The quantitative estimate of drug-likeness (QED) is 0.737. The standard InChI is InChI=1S/C14H18N2O5/c1-8-11(5-6-21-8)16(2)14(20)15-9-3-4-12(17)10(7-9)13(18)19/h3-4,7-8,11,17H,5-6H2,1-2H3,(H,15,20)(H,18,19). The van der Waals surface area contributed by atoms with E-state index in [4.69, 9.17) is 9.84 Å². The third-order valence-corrected chi connectivity index (χ3v) is 3.63. The number of rotatable bonds is 3. The molecule has 21 heavy (non-hydrogen) atoms. The summed E-state index contributed by atoms with van der Waals surface area (Å²) in [7, 11) is 1.67. The van der Waals surface area contributed by atoms with Crippen molar-refractivity contribution in [2.24, 2.45) is 0 Å². The molecule has 0 saturated carbocycles. The van der Waals surface area contributed by atoms with Gasteiger partial charge in [-0.25, -0.2) is 9.59 Å². The Bertz CT molecular complexity index is 560. The number of carbonyl (C=O) groups is 2. The average molecular weight is 294 g/mol. The summed E-state index contributed by atoms with van der Waals surface area (Å²) < 4.78 is 5.42. The summed E-state index contributed by atoms with van der Waals surface area (Å²) in [5, 5.41) is 21.0. The molecule has 1 fully saturated rings. The van der Waals surface area contributed by atoms with Crippen molar-refractivity contribution in [3.8, 4) is 5.75 Å². The Morgan fingerprint density at radius 3 is 2.71 bits per heavy atom. The minimum absolute atomic E-state index is 0.0129. The van der Waals surface area contributed by atoms with Crippen LogP contribution in [-0.2, 0) is 4.74 Å². The van der Waals surface area contributed by atoms with Crippen molar-refractivity contribution < 1.29 is 24.5 Å². The summed E-state index contributed by atoms with van der Waals surface area (Å²) in [6.07, 6.45) is 0.733. The highest BCUT2D eigenvalue weighted by Crippen LogP contribution is 2.23. The molecule has 2 amide bonds. The number of carboxylic acids is 1. The van der Waals surface area contributed by atoms with E-state index >= 15 is 0 Å². The van der Waals surface area contributed by atoms with Gasteiger partial charge in [0.15, 0.2) is 0 Å². The Hall–Kier alpha value is -2.28. The van der Waals surface area contributed by atoms with Crippen LogP contribution in [0.1, 0.15) is 23.7 Å². The molecular weight excluding hydrogens is 276 g/mol. The second kappa shape index (κ2) is 6.01. The smallest absolute Gasteiger partial charge is 0.339 e. The number of ether oxygens (including phenoxy) is 1. The third kappa shape index (κ3) is 3.25. The lowest BCUT2D eigenvalue weighted by molar-refractivity contribution is 0.0693. The van der Waals surface area contributed by atoms with Gasteiger partial charge < -0.3 is 25.2 Å². The number of urea groups is 1. The molecule has 0 aromatic heterocycles. The first-order valence-corrected chi connectivity index (χ1v) is 6.62. The fourth-order valence-electron chi connectivity index (χ4n) is 2.38. The molecule has 2 rings (SSSR count). The predicted molar refractivity (Wildman–Crippen MR) is 75.7 cm³/mol. The Kier molecular flexibility index (Phi) is 4.32. The number of phenols is 1. The molecule has 114 valence electrons. The van der Waals surface area contributed by atoms with Gasteiger partial charge in [0.1, 0.15) is 11.3 Å². The highest BCUT2D eigenvalue weighted by molar-refractivity contribution is 5.95. The van der Waals surface area contributed by atoms with Crippen LogP contribution >= 0.6 is 0 Å². The summed E-state index contributed by atoms with van der Waals surface area (Å²) >= 11 is 0. The fraction of sp³-hybridized carbons (Fsp3) is 0.429. The molecule has 0 spiro atoms. The maximum Gasteiger partial charge on any atom is 0.339 e. The number of nitrogens with one attached hydrogen (secondary N) is 1. The zero-order valence-corrected chi connectivity index (χ0v) is 11.9. The SMILES string of the molecule is CC1OCCC1N(C)C(=O)Nc1ccc(O)c(C(=O)O)c1. The van der Waals surface area contributed by atoms with Gasteiger partial charge in [0.05, 0.1) is 12.1 Å². The molecule has 1 aromatic carbocycles. The Labute approximate surface area is 122 Å². The van der Waals surface area contributed by atoms with Gasteiger partial charge in [0, 0.05) is 19.3 Å². The van der Waals surface area contributed by atoms with Crippen molar-refractivity contribution in [2.75, 3.05) is 19.0 Å². The van der Waals surface area contributed by atoms with Gasteiger partial charge in [0.25, 0.3) is 0 Å². The third-order valence-electron chi connectivity index (χ3n) is 3.63. The number of carboxylic acid groups (broad SMARTS) is 1. The van der Waals surface area contributed by atoms with E-state index in [0.29, 0.717) is 12.3 Å². The highest BCUT2D eigenvalue weighted by atomic mass is 16.5. The maximum atomic E-state index is 12.2. The molecule has 0 aliphatic carbocycles. The van der Waals surface area contributed by atoms with E-state index < -0.39 is 5.97 Å². The first-order valence-electron chi connectivity index (χ1n) is 6.62. The normalized spacial score (nSPS) is 21.0. The molecule has 1 aliphatic heterocycles. The number of likely N-dealkylation sites (N-methyl/N-ethyl adjacent to an activating group) is 1. The van der Waals surface area contributed by atoms with Crippen LogP contribution in [0, 0.1) is 0 Å². The minimum Gasteiger partial charge on any atom is -0.507 e. The van der Waals surface area contributed by atoms with E-state index in [2.05, 4.69) is 5.32 Å². The lowest BCUT2D eigenvalue weighted by atomic mass is 10.1. The van der Waals surface area contributed by atoms with Gasteiger partial charge in [-0.05, 0) is 31.5 Å². The lowest BCUT2D eigenvalue weighted by Crippen LogP contribution is -2.43. The molecule has 1 heterocycles. The summed E-state index contributed by atoms with van der Waals surface area (Å²) in [5.41, 5.74) is 0.0571. The van der Waals surface area contributed by atoms with E-state index in [1.807, 2.05) is 6.92 Å². The largest absolute Gasteiger partial charge is 0.507 e. The lowest BCUT2D eigenvalue weighted by Gasteiger charge is -2.27. The molecular formula is C14H18N2O5. The first kappa shape index (κ1) is 15.1. The topological polar surface area (TPSA) is 99.1 Å². The zero-order chi connectivity index (χ0) is 15.6. The fourth-order valence-corrected chi connectivity index (χ4v) is 2.38. The van der Waals surface area contributed by atoms with Crippen LogP contribution in [0.25, 0.3) is 0 Å². The van der Waals surface area contributed by atoms with Crippen LogP contribution in [0.4, 0.5) is 10.5 Å². The van der Waals surface area contributed by atoms with E-state index in [1.54, 1.807) is 11.9 Å². The van der Waals surface area contributed by atoms with Crippen molar-refractivity contribution in [2.45, 2.75) is 25.5 Å². The van der Waals surface area contributed by atoms with Crippen LogP contribution in [0.3, 0.4) is 0 Å². The monoisotopic (exact) mass is 294 g/mol. The van der Waals surface area contributed by atoms with Crippen LogP contribution in [0.15, 0.2) is 18.2 Å². The molecule has 1 saturated heterocycles. The summed E-state index contributed by atoms with van der Waals surface area (Å²) in [5.74, 6) is -1.60. The summed E-state index contributed by atoms with van der Waals surface area (Å²) in [6, 6.07) is 3.54. The van der Waals surface area contributed by atoms with Crippen molar-refractivity contribution >= 4 is 17.7 Å². The van der Waals surface area contributed by atoms with Crippen molar-refractivity contribution in [3.63, 3.8) is 0 Å². The molecule has 1 aromatic rings. The zero-order valence-electron chi connectivity index (χ0n) is 11.9. The molecule has 0 bridgehead atoms. The number of aromatic hydroxyl groups is 1. The van der Waals surface area contributed by atoms with Gasteiger partial charge in [-0.2, -0.15) is 0 Å². The van der Waals surface area contributed by atoms with Crippen LogP contribution in [0.2, 0.25) is 0 Å². The van der Waals surface area contributed by atoms with E-state index in [-0.39, 0.29) is 29.5 Å². The van der Waals surface area contributed by atoms with Crippen LogP contribution < -0.4 is 5.32 Å². The first-order chi connectivity index (χ1) is 9.90. The number of nitrogens with zero attached hydrogens (tertiary/aromatic N) is 1. The molecule has 2 atom stereocenters. The molecule has 3 N–H and O–H groups in total. The van der Waals surface area contributed by atoms with Gasteiger partial charge >= 0.3 is 12.0 Å². The number of hydrogen-bond donors (Lipinski definition) is 3. The molecule has 7 nitrogen and oxygen atoms in total. The van der Waals surface area contributed by atoms with Gasteiger partial charge in [-0.15, -0.1) is 0 Å². The Morgan fingerprint density at radius 2 is 2.14 bits per heavy atom. The number of hydrogen-bond acceptors (Lipinski definition) is 4. The second-order valence-electron chi connectivity index (χ2n) is 5.01. The summed E-state index contributed by atoms with van der Waals surface area (Å²) in [6.45, 7) is 2.52. The number of amides is 2. The molecule has 0 radical (unpaired) electrons. The summed E-state index contributed by atoms with van der Waals surface area (Å²) in [4.78, 5) is 24.7. The molecule has 1 aliphatic rings. The second-order valence-corrected chi connectivity index (χ2v) is 5.01. The van der Waals surface area contributed by atoms with Crippen molar-refractivity contribution in [3.05, 3.63) is 23.8 Å². The molecule has 2 unspecified atom stereocenters. The Morgan fingerprint density at radius 1 is 1.43 bits per heavy atom. The minimum atomic E-state index is -1.25. The number of anilines is 1. The Balaban J connectivity index is 2.09. The number of carbonyl (C=O) groups excluding carboxylic acids is 1. The van der Waals surface area contributed by atoms with Crippen LogP contribution in [0.5, 0.6) is 5.75 Å². The number of aromatic carboxylic acids is 1. The van der Waals surface area contributed by atoms with Crippen molar-refractivity contribution in [1.82, 2.24) is 4.90 Å². The average Bonchev–Trinajstić information content (AvgIpc) is 2.85. The van der Waals surface area contributed by atoms with E-state index in [9.17, 15) is 14.7 Å². The number of benzene rings is 1.